The fraction of sp³-hybridized carbons (Fsp3) is 1.00. The zero-order valence-electron chi connectivity index (χ0n) is 8.30. The van der Waals surface area contributed by atoms with Gasteiger partial charge in [0.1, 0.15) is 0 Å². The summed E-state index contributed by atoms with van der Waals surface area (Å²) >= 11 is 0. The lowest BCUT2D eigenvalue weighted by molar-refractivity contribution is 0.170. The normalized spacial score (nSPS) is 16.9. The van der Waals surface area contributed by atoms with Crippen LogP contribution in [-0.2, 0) is 0 Å². The van der Waals surface area contributed by atoms with Crippen molar-refractivity contribution in [3.63, 3.8) is 0 Å². The molecule has 0 aromatic rings. The van der Waals surface area contributed by atoms with Gasteiger partial charge in [0.25, 0.3) is 0 Å². The van der Waals surface area contributed by atoms with E-state index in [0.717, 1.165) is 5.92 Å². The van der Waals surface area contributed by atoms with Crippen LogP contribution in [0.15, 0.2) is 0 Å². The van der Waals surface area contributed by atoms with E-state index < -0.39 is 0 Å². The number of rotatable bonds is 5. The molecule has 1 heteroatoms. The van der Waals surface area contributed by atoms with E-state index in [1.54, 1.807) is 0 Å². The number of hydrogen-bond acceptors (Lipinski definition) is 1. The lowest BCUT2D eigenvalue weighted by Gasteiger charge is -2.22. The molecule has 1 nitrogen and oxygen atoms in total. The first-order valence-corrected chi connectivity index (χ1v) is 4.72. The van der Waals surface area contributed by atoms with Crippen LogP contribution >= 0.6 is 0 Å². The zero-order chi connectivity index (χ0) is 8.85. The van der Waals surface area contributed by atoms with E-state index in [1.165, 1.54) is 12.8 Å². The average molecular weight is 158 g/mol. The Kier molecular flexibility index (Phi) is 5.57. The van der Waals surface area contributed by atoms with Crippen LogP contribution in [0.5, 0.6) is 0 Å². The van der Waals surface area contributed by atoms with Gasteiger partial charge in [0, 0.05) is 6.61 Å². The Labute approximate surface area is 70.8 Å². The van der Waals surface area contributed by atoms with Crippen molar-refractivity contribution in [2.75, 3.05) is 6.61 Å². The highest BCUT2D eigenvalue weighted by atomic mass is 16.3. The molecule has 11 heavy (non-hydrogen) atoms. The van der Waals surface area contributed by atoms with E-state index in [2.05, 4.69) is 27.7 Å². The third-order valence-corrected chi connectivity index (χ3v) is 2.39. The third-order valence-electron chi connectivity index (χ3n) is 2.39. The molecule has 0 aliphatic heterocycles. The van der Waals surface area contributed by atoms with Crippen molar-refractivity contribution in [1.82, 2.24) is 0 Å². The van der Waals surface area contributed by atoms with Crippen molar-refractivity contribution in [1.29, 1.82) is 0 Å². The second-order valence-corrected chi connectivity index (χ2v) is 3.96. The van der Waals surface area contributed by atoms with E-state index >= 15 is 0 Å². The second-order valence-electron chi connectivity index (χ2n) is 3.96. The first kappa shape index (κ1) is 11.0. The Morgan fingerprint density at radius 1 is 1.18 bits per heavy atom. The van der Waals surface area contributed by atoms with Gasteiger partial charge in [-0.05, 0) is 24.2 Å². The van der Waals surface area contributed by atoms with Crippen LogP contribution in [-0.4, -0.2) is 11.7 Å². The number of aliphatic hydroxyl groups is 1. The molecule has 0 saturated carbocycles. The second kappa shape index (κ2) is 5.59. The van der Waals surface area contributed by atoms with Crippen LogP contribution in [0, 0.1) is 17.8 Å². The molecule has 2 atom stereocenters. The molecule has 2 unspecified atom stereocenters. The molecule has 0 aromatic heterocycles. The minimum absolute atomic E-state index is 0.339. The Morgan fingerprint density at radius 3 is 2.00 bits per heavy atom. The predicted molar refractivity (Wildman–Crippen MR) is 49.5 cm³/mol. The van der Waals surface area contributed by atoms with Gasteiger partial charge in [-0.25, -0.2) is 0 Å². The molecule has 68 valence electrons. The van der Waals surface area contributed by atoms with Crippen LogP contribution in [0.3, 0.4) is 0 Å². The molecule has 0 radical (unpaired) electrons. The first-order valence-electron chi connectivity index (χ1n) is 4.72. The molecule has 0 aromatic carbocycles. The summed E-state index contributed by atoms with van der Waals surface area (Å²) in [6.45, 7) is 9.17. The summed E-state index contributed by atoms with van der Waals surface area (Å²) in [5.74, 6) is 1.94. The molecule has 0 bridgehead atoms. The number of hydrogen-bond donors (Lipinski definition) is 1. The Morgan fingerprint density at radius 2 is 1.73 bits per heavy atom. The van der Waals surface area contributed by atoms with Crippen molar-refractivity contribution in [2.45, 2.75) is 40.5 Å². The van der Waals surface area contributed by atoms with Gasteiger partial charge in [-0.3, -0.25) is 0 Å². The van der Waals surface area contributed by atoms with Crippen LogP contribution in [0.2, 0.25) is 0 Å². The predicted octanol–water partition coefficient (Wildman–Crippen LogP) is 2.69. The summed E-state index contributed by atoms with van der Waals surface area (Å²) < 4.78 is 0. The highest BCUT2D eigenvalue weighted by Gasteiger charge is 2.15. The summed E-state index contributed by atoms with van der Waals surface area (Å²) in [7, 11) is 0. The minimum atomic E-state index is 0.339. The summed E-state index contributed by atoms with van der Waals surface area (Å²) in [5.41, 5.74) is 0. The quantitative estimate of drug-likeness (QED) is 0.652. The van der Waals surface area contributed by atoms with Gasteiger partial charge < -0.3 is 5.11 Å². The average Bonchev–Trinajstić information content (AvgIpc) is 1.98. The maximum Gasteiger partial charge on any atom is 0.0459 e. The SMILES string of the molecule is CCC(CC(C)C)C(C)CO. The highest BCUT2D eigenvalue weighted by molar-refractivity contribution is 4.65. The smallest absolute Gasteiger partial charge is 0.0459 e. The molecule has 0 spiro atoms. The lowest BCUT2D eigenvalue weighted by atomic mass is 9.85. The lowest BCUT2D eigenvalue weighted by Crippen LogP contribution is -2.16. The zero-order valence-corrected chi connectivity index (χ0v) is 8.30. The van der Waals surface area contributed by atoms with Crippen molar-refractivity contribution in [3.8, 4) is 0 Å². The van der Waals surface area contributed by atoms with Gasteiger partial charge >= 0.3 is 0 Å². The van der Waals surface area contributed by atoms with Crippen molar-refractivity contribution >= 4 is 0 Å². The maximum absolute atomic E-state index is 8.95. The Bertz CT molecular complexity index is 88.9. The maximum atomic E-state index is 8.95. The molecule has 0 fully saturated rings. The van der Waals surface area contributed by atoms with E-state index in [-0.39, 0.29) is 0 Å². The first-order chi connectivity index (χ1) is 5.11. The summed E-state index contributed by atoms with van der Waals surface area (Å²) in [6.07, 6.45) is 2.44. The minimum Gasteiger partial charge on any atom is -0.396 e. The topological polar surface area (TPSA) is 20.2 Å². The van der Waals surface area contributed by atoms with Gasteiger partial charge in [0.2, 0.25) is 0 Å². The molecule has 0 heterocycles. The fourth-order valence-electron chi connectivity index (χ4n) is 1.56. The largest absolute Gasteiger partial charge is 0.396 e. The van der Waals surface area contributed by atoms with Gasteiger partial charge in [-0.2, -0.15) is 0 Å². The van der Waals surface area contributed by atoms with Gasteiger partial charge in [-0.15, -0.1) is 0 Å². The molecular formula is C10H22O. The van der Waals surface area contributed by atoms with Crippen LogP contribution in [0.1, 0.15) is 40.5 Å². The third kappa shape index (κ3) is 4.41. The van der Waals surface area contributed by atoms with Crippen molar-refractivity contribution < 1.29 is 5.11 Å². The molecule has 0 amide bonds. The van der Waals surface area contributed by atoms with Crippen molar-refractivity contribution in [3.05, 3.63) is 0 Å². The summed E-state index contributed by atoms with van der Waals surface area (Å²) in [6, 6.07) is 0. The van der Waals surface area contributed by atoms with Gasteiger partial charge in [-0.1, -0.05) is 34.1 Å². The van der Waals surface area contributed by atoms with Crippen LogP contribution in [0.4, 0.5) is 0 Å². The molecule has 0 aliphatic rings. The van der Waals surface area contributed by atoms with Crippen molar-refractivity contribution in [2.24, 2.45) is 17.8 Å². The van der Waals surface area contributed by atoms with Gasteiger partial charge in [0.05, 0.1) is 0 Å². The Balaban J connectivity index is 3.74. The molecule has 0 aliphatic carbocycles. The molecular weight excluding hydrogens is 136 g/mol. The van der Waals surface area contributed by atoms with Crippen LogP contribution < -0.4 is 0 Å². The van der Waals surface area contributed by atoms with E-state index in [0.29, 0.717) is 18.4 Å². The molecule has 1 N–H and O–H groups in total. The summed E-state index contributed by atoms with van der Waals surface area (Å²) in [4.78, 5) is 0. The van der Waals surface area contributed by atoms with E-state index in [1.807, 2.05) is 0 Å². The standard InChI is InChI=1S/C10H22O/c1-5-10(6-8(2)3)9(4)7-11/h8-11H,5-7H2,1-4H3. The van der Waals surface area contributed by atoms with E-state index in [9.17, 15) is 0 Å². The number of aliphatic hydroxyl groups excluding tert-OH is 1. The highest BCUT2D eigenvalue weighted by Crippen LogP contribution is 2.22. The fourth-order valence-corrected chi connectivity index (χ4v) is 1.56. The van der Waals surface area contributed by atoms with Gasteiger partial charge in [0.15, 0.2) is 0 Å². The monoisotopic (exact) mass is 158 g/mol. The van der Waals surface area contributed by atoms with Crippen LogP contribution in [0.25, 0.3) is 0 Å². The summed E-state index contributed by atoms with van der Waals surface area (Å²) in [5, 5.41) is 8.95. The molecule has 0 saturated heterocycles. The Hall–Kier alpha value is -0.0400. The molecule has 0 rings (SSSR count). The van der Waals surface area contributed by atoms with E-state index in [4.69, 9.17) is 5.11 Å².